The van der Waals surface area contributed by atoms with Gasteiger partial charge < -0.3 is 15.9 Å². The van der Waals surface area contributed by atoms with Crippen molar-refractivity contribution in [3.05, 3.63) is 23.8 Å². The van der Waals surface area contributed by atoms with E-state index in [4.69, 9.17) is 5.73 Å². The maximum atomic E-state index is 13.6. The molecule has 0 aromatic heterocycles. The molecule has 0 saturated carbocycles. The van der Waals surface area contributed by atoms with Crippen LogP contribution in [-0.2, 0) is 10.0 Å². The Morgan fingerprint density at radius 3 is 2.00 bits per heavy atom. The predicted octanol–water partition coefficient (Wildman–Crippen LogP) is -0.727. The van der Waals surface area contributed by atoms with Crippen LogP contribution in [-0.4, -0.2) is 48.2 Å². The van der Waals surface area contributed by atoms with E-state index in [1.54, 1.807) is 0 Å². The fraction of sp³-hybridized carbons (Fsp3) is 0.400. The molecule has 0 spiro atoms. The third kappa shape index (κ3) is 2.41. The quantitative estimate of drug-likeness (QED) is 0.624. The molecule has 1 aliphatic rings. The van der Waals surface area contributed by atoms with Crippen LogP contribution >= 0.6 is 0 Å². The summed E-state index contributed by atoms with van der Waals surface area (Å²) in [6, 6.07) is 1.39. The number of nitrogens with two attached hydrogens (primary N) is 1. The molecule has 6 nitrogen and oxygen atoms in total. The lowest BCUT2D eigenvalue weighted by atomic mass is 10.3. The molecule has 19 heavy (non-hydrogen) atoms. The maximum Gasteiger partial charge on any atom is 0.249 e. The first-order chi connectivity index (χ1) is 8.73. The molecule has 0 radical (unpaired) electrons. The van der Waals surface area contributed by atoms with Crippen LogP contribution in [0.25, 0.3) is 0 Å². The average Bonchev–Trinajstić information content (AvgIpc) is 2.57. The number of rotatable bonds is 2. The van der Waals surface area contributed by atoms with Gasteiger partial charge in [-0.2, -0.15) is 4.31 Å². The topological polar surface area (TPSA) is 104 Å². The highest BCUT2D eigenvalue weighted by atomic mass is 32.2. The van der Waals surface area contributed by atoms with Crippen LogP contribution in [0.2, 0.25) is 0 Å². The van der Waals surface area contributed by atoms with Crippen LogP contribution < -0.4 is 5.73 Å². The molecule has 0 amide bonds. The Bertz CT molecular complexity index is 575. The number of β-amino-alcohol motifs (C(OH)–C–C–N with tert-alkyl or cyclic N) is 2. The van der Waals surface area contributed by atoms with E-state index in [9.17, 15) is 27.4 Å². The van der Waals surface area contributed by atoms with Gasteiger partial charge in [-0.05, 0) is 12.1 Å². The fourth-order valence-corrected chi connectivity index (χ4v) is 3.45. The van der Waals surface area contributed by atoms with Gasteiger partial charge in [-0.15, -0.1) is 0 Å². The smallest absolute Gasteiger partial charge is 0.249 e. The minimum atomic E-state index is -4.47. The van der Waals surface area contributed by atoms with Crippen molar-refractivity contribution in [2.75, 3.05) is 18.8 Å². The number of hydrogen-bond donors (Lipinski definition) is 3. The molecule has 9 heteroatoms. The van der Waals surface area contributed by atoms with E-state index in [0.717, 1.165) is 0 Å². The Labute approximate surface area is 108 Å². The minimum Gasteiger partial charge on any atom is -0.399 e. The molecule has 1 aromatic carbocycles. The first-order valence-corrected chi connectivity index (χ1v) is 6.78. The second-order valence-electron chi connectivity index (χ2n) is 4.27. The van der Waals surface area contributed by atoms with E-state index in [1.807, 2.05) is 0 Å². The molecule has 1 aliphatic heterocycles. The number of aliphatic hydroxyl groups is 2. The Morgan fingerprint density at radius 2 is 1.58 bits per heavy atom. The van der Waals surface area contributed by atoms with Gasteiger partial charge in [-0.3, -0.25) is 0 Å². The van der Waals surface area contributed by atoms with Gasteiger partial charge in [-0.1, -0.05) is 0 Å². The Kier molecular flexibility index (Phi) is 3.47. The van der Waals surface area contributed by atoms with Crippen molar-refractivity contribution < 1.29 is 27.4 Å². The normalized spacial score (nSPS) is 24.8. The molecular formula is C10H12F2N2O4S. The largest absolute Gasteiger partial charge is 0.399 e. The van der Waals surface area contributed by atoms with Crippen molar-refractivity contribution in [2.45, 2.75) is 17.1 Å². The number of sulfonamides is 1. The first kappa shape index (κ1) is 14.1. The van der Waals surface area contributed by atoms with Crippen LogP contribution in [0.4, 0.5) is 14.5 Å². The maximum absolute atomic E-state index is 13.6. The summed E-state index contributed by atoms with van der Waals surface area (Å²) < 4.78 is 52.0. The minimum absolute atomic E-state index is 0.240. The summed E-state index contributed by atoms with van der Waals surface area (Å²) in [7, 11) is -4.47. The van der Waals surface area contributed by atoms with E-state index in [2.05, 4.69) is 0 Å². The zero-order valence-corrected chi connectivity index (χ0v) is 10.4. The number of hydrogen-bond acceptors (Lipinski definition) is 5. The number of benzene rings is 1. The van der Waals surface area contributed by atoms with Gasteiger partial charge in [-0.25, -0.2) is 17.2 Å². The van der Waals surface area contributed by atoms with Crippen LogP contribution in [0.5, 0.6) is 0 Å². The summed E-state index contributed by atoms with van der Waals surface area (Å²) in [5, 5.41) is 18.6. The summed E-state index contributed by atoms with van der Waals surface area (Å²) in [5.74, 6) is -2.62. The van der Waals surface area contributed by atoms with Crippen molar-refractivity contribution >= 4 is 15.7 Å². The molecule has 106 valence electrons. The zero-order chi connectivity index (χ0) is 14.4. The Morgan fingerprint density at radius 1 is 1.16 bits per heavy atom. The van der Waals surface area contributed by atoms with Gasteiger partial charge in [0.15, 0.2) is 4.90 Å². The van der Waals surface area contributed by atoms with Crippen LogP contribution in [0.15, 0.2) is 17.0 Å². The Hall–Kier alpha value is -1.29. The molecule has 2 rings (SSSR count). The van der Waals surface area contributed by atoms with E-state index < -0.39 is 51.9 Å². The zero-order valence-electron chi connectivity index (χ0n) is 9.62. The molecule has 2 unspecified atom stereocenters. The van der Waals surface area contributed by atoms with Crippen molar-refractivity contribution in [2.24, 2.45) is 0 Å². The van der Waals surface area contributed by atoms with Crippen LogP contribution in [0.1, 0.15) is 0 Å². The second kappa shape index (κ2) is 4.67. The van der Waals surface area contributed by atoms with E-state index in [0.29, 0.717) is 16.4 Å². The molecule has 4 N–H and O–H groups in total. The standard InChI is InChI=1S/C10H12F2N2O4S/c11-6-1-5(13)2-7(12)10(6)19(17,18)14-3-8(15)9(16)4-14/h1-2,8-9,15-16H,3-4,13H2. The lowest BCUT2D eigenvalue weighted by molar-refractivity contribution is 0.0572. The van der Waals surface area contributed by atoms with Gasteiger partial charge in [0.2, 0.25) is 10.0 Å². The summed E-state index contributed by atoms with van der Waals surface area (Å²) in [4.78, 5) is -1.14. The summed E-state index contributed by atoms with van der Waals surface area (Å²) in [6.45, 7) is -0.848. The van der Waals surface area contributed by atoms with Gasteiger partial charge in [0, 0.05) is 18.8 Å². The number of halogens is 2. The van der Waals surface area contributed by atoms with Gasteiger partial charge >= 0.3 is 0 Å². The summed E-state index contributed by atoms with van der Waals surface area (Å²) >= 11 is 0. The van der Waals surface area contributed by atoms with Gasteiger partial charge in [0.25, 0.3) is 0 Å². The monoisotopic (exact) mass is 294 g/mol. The molecular weight excluding hydrogens is 282 g/mol. The number of anilines is 1. The van der Waals surface area contributed by atoms with Crippen LogP contribution in [0, 0.1) is 11.6 Å². The highest BCUT2D eigenvalue weighted by Gasteiger charge is 2.40. The highest BCUT2D eigenvalue weighted by Crippen LogP contribution is 2.27. The molecule has 0 aliphatic carbocycles. The van der Waals surface area contributed by atoms with Gasteiger partial charge in [0.05, 0.1) is 12.2 Å². The molecule has 1 saturated heterocycles. The second-order valence-corrected chi connectivity index (χ2v) is 6.15. The van der Waals surface area contributed by atoms with E-state index >= 15 is 0 Å². The average molecular weight is 294 g/mol. The van der Waals surface area contributed by atoms with Gasteiger partial charge in [0.1, 0.15) is 11.6 Å². The number of nitrogens with zero attached hydrogens (tertiary/aromatic N) is 1. The molecule has 1 fully saturated rings. The number of aliphatic hydroxyl groups excluding tert-OH is 2. The predicted molar refractivity (Wildman–Crippen MR) is 61.5 cm³/mol. The third-order valence-corrected chi connectivity index (χ3v) is 4.73. The molecule has 1 aromatic rings. The fourth-order valence-electron chi connectivity index (χ4n) is 1.89. The molecule has 0 bridgehead atoms. The lowest BCUT2D eigenvalue weighted by Gasteiger charge is -2.16. The highest BCUT2D eigenvalue weighted by molar-refractivity contribution is 7.89. The number of nitrogen functional groups attached to an aromatic ring is 1. The van der Waals surface area contributed by atoms with Crippen molar-refractivity contribution in [3.63, 3.8) is 0 Å². The summed E-state index contributed by atoms with van der Waals surface area (Å²) in [5.41, 5.74) is 4.96. The first-order valence-electron chi connectivity index (χ1n) is 5.34. The molecule has 2 atom stereocenters. The molecule has 1 heterocycles. The van der Waals surface area contributed by atoms with Crippen LogP contribution in [0.3, 0.4) is 0 Å². The van der Waals surface area contributed by atoms with Crippen molar-refractivity contribution in [3.8, 4) is 0 Å². The van der Waals surface area contributed by atoms with E-state index in [1.165, 1.54) is 0 Å². The van der Waals surface area contributed by atoms with Crippen molar-refractivity contribution in [1.82, 2.24) is 4.31 Å². The van der Waals surface area contributed by atoms with E-state index in [-0.39, 0.29) is 5.69 Å². The Balaban J connectivity index is 2.47. The van der Waals surface area contributed by atoms with Crippen molar-refractivity contribution in [1.29, 1.82) is 0 Å². The third-order valence-electron chi connectivity index (χ3n) is 2.84. The SMILES string of the molecule is Nc1cc(F)c(S(=O)(=O)N2CC(O)C(O)C2)c(F)c1. The lowest BCUT2D eigenvalue weighted by Crippen LogP contribution is -2.31. The summed E-state index contributed by atoms with van der Waals surface area (Å²) in [6.07, 6.45) is -2.57.